The van der Waals surface area contributed by atoms with E-state index in [-0.39, 0.29) is 31.3 Å². The molecule has 0 atom stereocenters. The van der Waals surface area contributed by atoms with Gasteiger partial charge in [-0.15, -0.1) is 0 Å². The van der Waals surface area contributed by atoms with Gasteiger partial charge in [0, 0.05) is 26.4 Å². The summed E-state index contributed by atoms with van der Waals surface area (Å²) in [5, 5.41) is 11.2. The standard InChI is InChI=1S/C11H18N2O4/c1-8(14)12-5-4-10(15)13(7-11(16)17)6-9-2-3-9/h9H,2-7H2,1H3,(H,12,14)(H,16,17). The van der Waals surface area contributed by atoms with E-state index in [4.69, 9.17) is 5.11 Å². The minimum atomic E-state index is -1.00. The lowest BCUT2D eigenvalue weighted by Crippen LogP contribution is -2.38. The van der Waals surface area contributed by atoms with Gasteiger partial charge in [-0.1, -0.05) is 0 Å². The van der Waals surface area contributed by atoms with Crippen molar-refractivity contribution in [1.29, 1.82) is 0 Å². The zero-order chi connectivity index (χ0) is 12.8. The first kappa shape index (κ1) is 13.5. The molecule has 2 amide bonds. The Labute approximate surface area is 100.0 Å². The van der Waals surface area contributed by atoms with Gasteiger partial charge in [-0.25, -0.2) is 0 Å². The number of carbonyl (C=O) groups is 3. The third-order valence-corrected chi connectivity index (χ3v) is 2.57. The van der Waals surface area contributed by atoms with E-state index < -0.39 is 5.97 Å². The van der Waals surface area contributed by atoms with E-state index in [1.54, 1.807) is 0 Å². The number of nitrogens with one attached hydrogen (secondary N) is 1. The number of carboxylic acids is 1. The number of carbonyl (C=O) groups excluding carboxylic acids is 2. The lowest BCUT2D eigenvalue weighted by Gasteiger charge is -2.20. The van der Waals surface area contributed by atoms with Crippen molar-refractivity contribution in [2.24, 2.45) is 5.92 Å². The van der Waals surface area contributed by atoms with Crippen LogP contribution in [0.25, 0.3) is 0 Å². The molecule has 0 aromatic rings. The third kappa shape index (κ3) is 5.89. The highest BCUT2D eigenvalue weighted by atomic mass is 16.4. The van der Waals surface area contributed by atoms with Crippen molar-refractivity contribution >= 4 is 17.8 Å². The molecule has 0 spiro atoms. The van der Waals surface area contributed by atoms with Crippen LogP contribution in [0.1, 0.15) is 26.2 Å². The van der Waals surface area contributed by atoms with Crippen LogP contribution in [-0.2, 0) is 14.4 Å². The Hall–Kier alpha value is -1.59. The zero-order valence-corrected chi connectivity index (χ0v) is 9.94. The minimum absolute atomic E-state index is 0.152. The fourth-order valence-electron chi connectivity index (χ4n) is 1.53. The number of aliphatic carboxylic acids is 1. The second-order valence-electron chi connectivity index (χ2n) is 4.34. The Morgan fingerprint density at radius 3 is 2.47 bits per heavy atom. The van der Waals surface area contributed by atoms with E-state index in [0.29, 0.717) is 12.5 Å². The Bertz CT molecular complexity index is 313. The molecule has 0 aromatic carbocycles. The molecule has 1 saturated carbocycles. The molecule has 1 fully saturated rings. The van der Waals surface area contributed by atoms with Gasteiger partial charge in [-0.2, -0.15) is 0 Å². The minimum Gasteiger partial charge on any atom is -0.480 e. The van der Waals surface area contributed by atoms with Crippen LogP contribution in [0.3, 0.4) is 0 Å². The first-order chi connectivity index (χ1) is 7.99. The second kappa shape index (κ2) is 6.22. The van der Waals surface area contributed by atoms with E-state index in [1.165, 1.54) is 11.8 Å². The van der Waals surface area contributed by atoms with Gasteiger partial charge in [-0.05, 0) is 18.8 Å². The summed E-state index contributed by atoms with van der Waals surface area (Å²) in [5.74, 6) is -0.949. The fourth-order valence-corrected chi connectivity index (χ4v) is 1.53. The molecule has 1 aliphatic rings. The van der Waals surface area contributed by atoms with Crippen LogP contribution < -0.4 is 5.32 Å². The smallest absolute Gasteiger partial charge is 0.323 e. The van der Waals surface area contributed by atoms with Gasteiger partial charge in [0.2, 0.25) is 11.8 Å². The first-order valence-corrected chi connectivity index (χ1v) is 5.73. The van der Waals surface area contributed by atoms with Crippen LogP contribution >= 0.6 is 0 Å². The molecule has 0 unspecified atom stereocenters. The summed E-state index contributed by atoms with van der Waals surface area (Å²) in [5.41, 5.74) is 0. The summed E-state index contributed by atoms with van der Waals surface area (Å²) in [7, 11) is 0. The van der Waals surface area contributed by atoms with Crippen LogP contribution in [0, 0.1) is 5.92 Å². The van der Waals surface area contributed by atoms with Crippen LogP contribution in [0.2, 0.25) is 0 Å². The zero-order valence-electron chi connectivity index (χ0n) is 9.94. The summed E-state index contributed by atoms with van der Waals surface area (Å²) in [6, 6.07) is 0. The van der Waals surface area contributed by atoms with E-state index in [0.717, 1.165) is 12.8 Å². The van der Waals surface area contributed by atoms with Crippen molar-refractivity contribution in [2.45, 2.75) is 26.2 Å². The van der Waals surface area contributed by atoms with Gasteiger partial charge >= 0.3 is 5.97 Å². The molecule has 0 saturated heterocycles. The van der Waals surface area contributed by atoms with Crippen LogP contribution in [0.15, 0.2) is 0 Å². The van der Waals surface area contributed by atoms with Crippen molar-refractivity contribution in [3.8, 4) is 0 Å². The molecule has 6 heteroatoms. The summed E-state index contributed by atoms with van der Waals surface area (Å²) in [4.78, 5) is 34.4. The molecular formula is C11H18N2O4. The highest BCUT2D eigenvalue weighted by molar-refractivity contribution is 5.82. The number of carboxylic acid groups (broad SMARTS) is 1. The fraction of sp³-hybridized carbons (Fsp3) is 0.727. The van der Waals surface area contributed by atoms with Gasteiger partial charge in [-0.3, -0.25) is 14.4 Å². The van der Waals surface area contributed by atoms with Crippen molar-refractivity contribution in [3.63, 3.8) is 0 Å². The molecule has 17 heavy (non-hydrogen) atoms. The number of rotatable bonds is 7. The maximum atomic E-state index is 11.7. The van der Waals surface area contributed by atoms with Crippen LogP contribution in [0.4, 0.5) is 0 Å². The van der Waals surface area contributed by atoms with E-state index >= 15 is 0 Å². The maximum Gasteiger partial charge on any atom is 0.323 e. The number of hydrogen-bond acceptors (Lipinski definition) is 3. The second-order valence-corrected chi connectivity index (χ2v) is 4.34. The number of amides is 2. The average Bonchev–Trinajstić information content (AvgIpc) is 2.99. The highest BCUT2D eigenvalue weighted by Gasteiger charge is 2.27. The van der Waals surface area contributed by atoms with Gasteiger partial charge in [0.25, 0.3) is 0 Å². The largest absolute Gasteiger partial charge is 0.480 e. The Morgan fingerprint density at radius 1 is 1.35 bits per heavy atom. The molecule has 1 aliphatic carbocycles. The van der Waals surface area contributed by atoms with Crippen LogP contribution in [-0.4, -0.2) is 47.4 Å². The predicted octanol–water partition coefficient (Wildman–Crippen LogP) is -0.164. The third-order valence-electron chi connectivity index (χ3n) is 2.57. The first-order valence-electron chi connectivity index (χ1n) is 5.73. The maximum absolute atomic E-state index is 11.7. The molecule has 2 N–H and O–H groups in total. The van der Waals surface area contributed by atoms with E-state index in [2.05, 4.69) is 5.32 Å². The molecule has 0 bridgehead atoms. The van der Waals surface area contributed by atoms with Gasteiger partial charge < -0.3 is 15.3 Å². The molecule has 0 radical (unpaired) electrons. The lowest BCUT2D eigenvalue weighted by atomic mass is 10.3. The van der Waals surface area contributed by atoms with Crippen molar-refractivity contribution in [3.05, 3.63) is 0 Å². The van der Waals surface area contributed by atoms with Crippen molar-refractivity contribution < 1.29 is 19.5 Å². The van der Waals surface area contributed by atoms with Crippen molar-refractivity contribution in [2.75, 3.05) is 19.6 Å². The SMILES string of the molecule is CC(=O)NCCC(=O)N(CC(=O)O)CC1CC1. The van der Waals surface area contributed by atoms with Gasteiger partial charge in [0.1, 0.15) is 6.54 Å². The molecule has 1 rings (SSSR count). The number of nitrogens with zero attached hydrogens (tertiary/aromatic N) is 1. The quantitative estimate of drug-likeness (QED) is 0.649. The summed E-state index contributed by atoms with van der Waals surface area (Å²) in [6.45, 7) is 1.90. The average molecular weight is 242 g/mol. The lowest BCUT2D eigenvalue weighted by molar-refractivity contribution is -0.144. The van der Waals surface area contributed by atoms with Gasteiger partial charge in [0.15, 0.2) is 0 Å². The van der Waals surface area contributed by atoms with Crippen LogP contribution in [0.5, 0.6) is 0 Å². The molecule has 0 heterocycles. The summed E-state index contributed by atoms with van der Waals surface area (Å²) < 4.78 is 0. The molecular weight excluding hydrogens is 224 g/mol. The number of hydrogen-bond donors (Lipinski definition) is 2. The van der Waals surface area contributed by atoms with E-state index in [1.807, 2.05) is 0 Å². The Kier molecular flexibility index (Phi) is 4.93. The molecule has 96 valence electrons. The highest BCUT2D eigenvalue weighted by Crippen LogP contribution is 2.29. The van der Waals surface area contributed by atoms with Gasteiger partial charge in [0.05, 0.1) is 0 Å². The molecule has 0 aliphatic heterocycles. The monoisotopic (exact) mass is 242 g/mol. The summed E-state index contributed by atoms with van der Waals surface area (Å²) >= 11 is 0. The molecule has 6 nitrogen and oxygen atoms in total. The Balaban J connectivity index is 2.35. The normalized spacial score (nSPS) is 14.2. The molecule has 0 aromatic heterocycles. The predicted molar refractivity (Wildman–Crippen MR) is 60.2 cm³/mol. The van der Waals surface area contributed by atoms with Crippen molar-refractivity contribution in [1.82, 2.24) is 10.2 Å². The Morgan fingerprint density at radius 2 is 2.00 bits per heavy atom. The summed E-state index contributed by atoms with van der Waals surface area (Å²) in [6.07, 6.45) is 2.28. The topological polar surface area (TPSA) is 86.7 Å². The van der Waals surface area contributed by atoms with E-state index in [9.17, 15) is 14.4 Å².